The van der Waals surface area contributed by atoms with Gasteiger partial charge in [0.2, 0.25) is 0 Å². The van der Waals surface area contributed by atoms with Crippen LogP contribution in [0.25, 0.3) is 0 Å². The summed E-state index contributed by atoms with van der Waals surface area (Å²) in [6, 6.07) is 9.33. The van der Waals surface area contributed by atoms with Crippen LogP contribution >= 0.6 is 0 Å². The molecule has 4 rings (SSSR count). The highest BCUT2D eigenvalue weighted by atomic mass is 16.5. The summed E-state index contributed by atoms with van der Waals surface area (Å²) in [5, 5.41) is 3.91. The smallest absolute Gasteiger partial charge is 0.259 e. The lowest BCUT2D eigenvalue weighted by atomic mass is 9.95. The minimum Gasteiger partial charge on any atom is -0.361 e. The Morgan fingerprint density at radius 1 is 1.12 bits per heavy atom. The Kier molecular flexibility index (Phi) is 4.34. The molecular weight excluding hydrogens is 314 g/mol. The van der Waals surface area contributed by atoms with E-state index >= 15 is 0 Å². The first-order chi connectivity index (χ1) is 12.1. The van der Waals surface area contributed by atoms with E-state index in [2.05, 4.69) is 34.3 Å². The molecule has 2 aliphatic heterocycles. The van der Waals surface area contributed by atoms with Crippen LogP contribution in [0.2, 0.25) is 0 Å². The van der Waals surface area contributed by atoms with Gasteiger partial charge in [0.05, 0.1) is 5.69 Å². The van der Waals surface area contributed by atoms with E-state index in [4.69, 9.17) is 4.52 Å². The van der Waals surface area contributed by atoms with Gasteiger partial charge in [-0.1, -0.05) is 29.4 Å². The van der Waals surface area contributed by atoms with Crippen molar-refractivity contribution in [3.8, 4) is 0 Å². The van der Waals surface area contributed by atoms with Crippen molar-refractivity contribution in [3.63, 3.8) is 0 Å². The Hall–Kier alpha value is -2.14. The number of fused-ring (bicyclic) bond motifs is 1. The summed E-state index contributed by atoms with van der Waals surface area (Å²) in [5.74, 6) is 0.691. The summed E-state index contributed by atoms with van der Waals surface area (Å²) in [6.07, 6.45) is 3.21. The maximum atomic E-state index is 12.8. The zero-order valence-electron chi connectivity index (χ0n) is 15.0. The standard InChI is InChI=1S/C20H25N3O2/c1-14-19(15(2)25-21-14)20(24)22-11-8-18(9-12-22)23-10-7-16-5-3-4-6-17(16)13-23/h3-6,18H,7-13H2,1-2H3. The SMILES string of the molecule is Cc1noc(C)c1C(=O)N1CCC(N2CCc3ccccc3C2)CC1. The van der Waals surface area contributed by atoms with Gasteiger partial charge in [-0.05, 0) is 44.2 Å². The number of aromatic nitrogens is 1. The van der Waals surface area contributed by atoms with Crippen LogP contribution in [0.1, 0.15) is 45.8 Å². The van der Waals surface area contributed by atoms with Crippen LogP contribution in [0.15, 0.2) is 28.8 Å². The number of hydrogen-bond acceptors (Lipinski definition) is 4. The molecule has 2 aromatic rings. The van der Waals surface area contributed by atoms with Crippen molar-refractivity contribution in [1.29, 1.82) is 0 Å². The van der Waals surface area contributed by atoms with Crippen LogP contribution in [0.5, 0.6) is 0 Å². The largest absolute Gasteiger partial charge is 0.361 e. The monoisotopic (exact) mass is 339 g/mol. The molecule has 0 saturated carbocycles. The lowest BCUT2D eigenvalue weighted by molar-refractivity contribution is 0.0597. The van der Waals surface area contributed by atoms with Gasteiger partial charge in [0.15, 0.2) is 0 Å². The molecule has 0 aliphatic carbocycles. The summed E-state index contributed by atoms with van der Waals surface area (Å²) in [6.45, 7) is 7.43. The summed E-state index contributed by atoms with van der Waals surface area (Å²) < 4.78 is 5.15. The van der Waals surface area contributed by atoms with Crippen molar-refractivity contribution >= 4 is 5.91 Å². The highest BCUT2D eigenvalue weighted by Gasteiger charge is 2.31. The predicted octanol–water partition coefficient (Wildman–Crippen LogP) is 2.95. The van der Waals surface area contributed by atoms with Crippen LogP contribution in [0.3, 0.4) is 0 Å². The Bertz CT molecular complexity index is 755. The molecule has 1 amide bonds. The number of hydrogen-bond donors (Lipinski definition) is 0. The number of benzene rings is 1. The van der Waals surface area contributed by atoms with Crippen molar-refractivity contribution in [2.75, 3.05) is 19.6 Å². The highest BCUT2D eigenvalue weighted by molar-refractivity contribution is 5.96. The van der Waals surface area contributed by atoms with Gasteiger partial charge >= 0.3 is 0 Å². The lowest BCUT2D eigenvalue weighted by Gasteiger charge is -2.40. The van der Waals surface area contributed by atoms with Gasteiger partial charge in [-0.3, -0.25) is 9.69 Å². The molecule has 0 atom stereocenters. The van der Waals surface area contributed by atoms with Crippen LogP contribution in [0, 0.1) is 13.8 Å². The summed E-state index contributed by atoms with van der Waals surface area (Å²) in [4.78, 5) is 17.3. The fraction of sp³-hybridized carbons (Fsp3) is 0.500. The maximum absolute atomic E-state index is 12.8. The summed E-state index contributed by atoms with van der Waals surface area (Å²) >= 11 is 0. The molecule has 1 saturated heterocycles. The van der Waals surface area contributed by atoms with E-state index in [1.807, 2.05) is 18.7 Å². The fourth-order valence-corrected chi connectivity index (χ4v) is 4.21. The van der Waals surface area contributed by atoms with Crippen LogP contribution in [-0.2, 0) is 13.0 Å². The normalized spacial score (nSPS) is 19.0. The Labute approximate surface area is 148 Å². The quantitative estimate of drug-likeness (QED) is 0.844. The molecule has 1 aromatic heterocycles. The lowest BCUT2D eigenvalue weighted by Crippen LogP contribution is -2.48. The minimum absolute atomic E-state index is 0.0682. The Morgan fingerprint density at radius 2 is 1.84 bits per heavy atom. The van der Waals surface area contributed by atoms with Crippen molar-refractivity contribution in [2.24, 2.45) is 0 Å². The number of aryl methyl sites for hydroxylation is 2. The third-order valence-electron chi connectivity index (χ3n) is 5.68. The fourth-order valence-electron chi connectivity index (χ4n) is 4.21. The molecule has 25 heavy (non-hydrogen) atoms. The van der Waals surface area contributed by atoms with Gasteiger partial charge in [-0.25, -0.2) is 0 Å². The van der Waals surface area contributed by atoms with Crippen molar-refractivity contribution in [3.05, 3.63) is 52.4 Å². The van der Waals surface area contributed by atoms with Crippen molar-refractivity contribution < 1.29 is 9.32 Å². The van der Waals surface area contributed by atoms with Gasteiger partial charge in [-0.2, -0.15) is 0 Å². The van der Waals surface area contributed by atoms with E-state index < -0.39 is 0 Å². The molecule has 1 aromatic carbocycles. The summed E-state index contributed by atoms with van der Waals surface area (Å²) in [7, 11) is 0. The number of piperidine rings is 1. The molecular formula is C20H25N3O2. The molecule has 0 radical (unpaired) electrons. The molecule has 0 unspecified atom stereocenters. The van der Waals surface area contributed by atoms with Crippen LogP contribution in [0.4, 0.5) is 0 Å². The first kappa shape index (κ1) is 16.3. The van der Waals surface area contributed by atoms with Crippen molar-refractivity contribution in [1.82, 2.24) is 15.0 Å². The molecule has 0 N–H and O–H groups in total. The number of carbonyl (C=O) groups excluding carboxylic acids is 1. The van der Waals surface area contributed by atoms with Gasteiger partial charge in [0.25, 0.3) is 5.91 Å². The number of nitrogens with zero attached hydrogens (tertiary/aromatic N) is 3. The molecule has 132 valence electrons. The second kappa shape index (κ2) is 6.64. The first-order valence-corrected chi connectivity index (χ1v) is 9.16. The van der Waals surface area contributed by atoms with E-state index in [0.29, 0.717) is 23.1 Å². The maximum Gasteiger partial charge on any atom is 0.259 e. The number of carbonyl (C=O) groups is 1. The average molecular weight is 339 g/mol. The van der Waals surface area contributed by atoms with E-state index in [9.17, 15) is 4.79 Å². The van der Waals surface area contributed by atoms with E-state index in [-0.39, 0.29) is 5.91 Å². The first-order valence-electron chi connectivity index (χ1n) is 9.16. The predicted molar refractivity (Wildman–Crippen MR) is 95.5 cm³/mol. The Balaban J connectivity index is 1.38. The molecule has 5 nitrogen and oxygen atoms in total. The zero-order chi connectivity index (χ0) is 17.4. The number of likely N-dealkylation sites (tertiary alicyclic amines) is 1. The van der Waals surface area contributed by atoms with Gasteiger partial charge < -0.3 is 9.42 Å². The minimum atomic E-state index is 0.0682. The third-order valence-corrected chi connectivity index (χ3v) is 5.68. The van der Waals surface area contributed by atoms with Gasteiger partial charge in [0.1, 0.15) is 11.3 Å². The second-order valence-electron chi connectivity index (χ2n) is 7.21. The molecule has 0 spiro atoms. The van der Waals surface area contributed by atoms with E-state index in [0.717, 1.165) is 45.4 Å². The van der Waals surface area contributed by atoms with E-state index in [1.54, 1.807) is 0 Å². The van der Waals surface area contributed by atoms with Gasteiger partial charge in [-0.15, -0.1) is 0 Å². The second-order valence-corrected chi connectivity index (χ2v) is 7.21. The van der Waals surface area contributed by atoms with Crippen LogP contribution < -0.4 is 0 Å². The summed E-state index contributed by atoms with van der Waals surface area (Å²) in [5.41, 5.74) is 4.29. The average Bonchev–Trinajstić information content (AvgIpc) is 2.99. The molecule has 5 heteroatoms. The van der Waals surface area contributed by atoms with Gasteiger partial charge in [0, 0.05) is 32.2 Å². The highest BCUT2D eigenvalue weighted by Crippen LogP contribution is 2.26. The molecule has 3 heterocycles. The molecule has 2 aliphatic rings. The van der Waals surface area contributed by atoms with Crippen molar-refractivity contribution in [2.45, 2.75) is 45.7 Å². The number of amides is 1. The topological polar surface area (TPSA) is 49.6 Å². The Morgan fingerprint density at radius 3 is 2.52 bits per heavy atom. The van der Waals surface area contributed by atoms with Crippen LogP contribution in [-0.4, -0.2) is 46.5 Å². The van der Waals surface area contributed by atoms with E-state index in [1.165, 1.54) is 11.1 Å². The zero-order valence-corrected chi connectivity index (χ0v) is 15.0. The molecule has 1 fully saturated rings. The number of rotatable bonds is 2. The third kappa shape index (κ3) is 3.09. The molecule has 0 bridgehead atoms.